The number of carbonyl (C=O) groups is 2. The van der Waals surface area contributed by atoms with E-state index in [9.17, 15) is 14.7 Å². The quantitative estimate of drug-likeness (QED) is 0.827. The molecule has 0 saturated carbocycles. The minimum Gasteiger partial charge on any atom is -0.476 e. The van der Waals surface area contributed by atoms with Crippen LogP contribution in [-0.2, 0) is 29.0 Å². The van der Waals surface area contributed by atoms with Crippen LogP contribution in [0.25, 0.3) is 0 Å². The van der Waals surface area contributed by atoms with Gasteiger partial charge in [-0.3, -0.25) is 14.4 Å². The summed E-state index contributed by atoms with van der Waals surface area (Å²) in [6.45, 7) is 7.59. The lowest BCUT2D eigenvalue weighted by molar-refractivity contribution is -0.129. The molecule has 2 aliphatic rings. The Bertz CT molecular complexity index is 622. The number of hydrogen-bond acceptors (Lipinski definition) is 5. The second kappa shape index (κ2) is 7.31. The predicted molar refractivity (Wildman–Crippen MR) is 85.9 cm³/mol. The summed E-state index contributed by atoms with van der Waals surface area (Å²) in [5.41, 5.74) is 1.74. The summed E-state index contributed by atoms with van der Waals surface area (Å²) in [5.74, 6) is -1.05. The first-order valence-corrected chi connectivity index (χ1v) is 8.43. The number of carboxylic acid groups (broad SMARTS) is 1. The van der Waals surface area contributed by atoms with E-state index in [0.717, 1.165) is 45.0 Å². The number of aromatic nitrogens is 2. The highest BCUT2D eigenvalue weighted by atomic mass is 16.5. The zero-order valence-corrected chi connectivity index (χ0v) is 14.0. The van der Waals surface area contributed by atoms with Crippen molar-refractivity contribution in [2.75, 3.05) is 39.4 Å². The van der Waals surface area contributed by atoms with Crippen molar-refractivity contribution in [2.24, 2.45) is 0 Å². The monoisotopic (exact) mass is 336 g/mol. The van der Waals surface area contributed by atoms with E-state index in [1.165, 1.54) is 6.92 Å². The number of fused-ring (bicyclic) bond motifs is 1. The summed E-state index contributed by atoms with van der Waals surface area (Å²) in [6.07, 6.45) is 1.58. The molecule has 0 aliphatic carbocycles. The van der Waals surface area contributed by atoms with E-state index in [1.54, 1.807) is 4.90 Å². The van der Waals surface area contributed by atoms with Crippen molar-refractivity contribution in [3.05, 3.63) is 17.0 Å². The largest absolute Gasteiger partial charge is 0.476 e. The highest BCUT2D eigenvalue weighted by molar-refractivity contribution is 5.87. The van der Waals surface area contributed by atoms with Gasteiger partial charge >= 0.3 is 5.97 Å². The fraction of sp³-hybridized carbons (Fsp3) is 0.688. The summed E-state index contributed by atoms with van der Waals surface area (Å²) in [5, 5.41) is 13.7. The van der Waals surface area contributed by atoms with Crippen molar-refractivity contribution in [2.45, 2.75) is 32.9 Å². The maximum atomic E-state index is 11.6. The first kappa shape index (κ1) is 16.9. The predicted octanol–water partition coefficient (Wildman–Crippen LogP) is 0.208. The second-order valence-electron chi connectivity index (χ2n) is 6.30. The number of nitrogens with zero attached hydrogens (tertiary/aromatic N) is 4. The van der Waals surface area contributed by atoms with Gasteiger partial charge < -0.3 is 14.7 Å². The van der Waals surface area contributed by atoms with E-state index in [0.29, 0.717) is 31.6 Å². The lowest BCUT2D eigenvalue weighted by Crippen LogP contribution is -2.37. The average Bonchev–Trinajstić information content (AvgIpc) is 2.94. The fourth-order valence-corrected chi connectivity index (χ4v) is 3.39. The molecule has 1 aromatic heterocycles. The standard InChI is InChI=1S/C16H24N4O4/c1-12(21)19-6-3-14-13(11-19)15(16(22)23)17-20(14)5-2-4-18-7-9-24-10-8-18/h2-11H2,1H3,(H,22,23). The van der Waals surface area contributed by atoms with Crippen LogP contribution in [0.3, 0.4) is 0 Å². The van der Waals surface area contributed by atoms with Crippen LogP contribution >= 0.6 is 0 Å². The molecule has 1 N–H and O–H groups in total. The SMILES string of the molecule is CC(=O)N1CCc2c(c(C(=O)O)nn2CCCN2CCOCC2)C1. The van der Waals surface area contributed by atoms with E-state index in [1.807, 2.05) is 4.68 Å². The van der Waals surface area contributed by atoms with E-state index in [2.05, 4.69) is 10.00 Å². The summed E-state index contributed by atoms with van der Waals surface area (Å²) in [7, 11) is 0. The number of rotatable bonds is 5. The van der Waals surface area contributed by atoms with Crippen LogP contribution in [0.5, 0.6) is 0 Å². The van der Waals surface area contributed by atoms with Gasteiger partial charge in [-0.1, -0.05) is 0 Å². The van der Waals surface area contributed by atoms with Crippen molar-refractivity contribution >= 4 is 11.9 Å². The molecule has 24 heavy (non-hydrogen) atoms. The number of amides is 1. The molecule has 8 heteroatoms. The minimum absolute atomic E-state index is 0.0305. The Morgan fingerprint density at radius 3 is 2.62 bits per heavy atom. The van der Waals surface area contributed by atoms with Gasteiger partial charge in [0, 0.05) is 63.9 Å². The molecule has 1 aromatic rings. The number of morpholine rings is 1. The summed E-state index contributed by atoms with van der Waals surface area (Å²) in [4.78, 5) is 27.1. The Hall–Kier alpha value is -1.93. The Morgan fingerprint density at radius 1 is 1.21 bits per heavy atom. The van der Waals surface area contributed by atoms with Crippen LogP contribution in [0.1, 0.15) is 35.1 Å². The van der Waals surface area contributed by atoms with Gasteiger partial charge in [0.05, 0.1) is 13.2 Å². The van der Waals surface area contributed by atoms with Gasteiger partial charge in [-0.05, 0) is 6.42 Å². The Morgan fingerprint density at radius 2 is 1.96 bits per heavy atom. The number of ether oxygens (including phenoxy) is 1. The zero-order valence-electron chi connectivity index (χ0n) is 14.0. The molecule has 0 unspecified atom stereocenters. The molecule has 3 rings (SSSR count). The zero-order chi connectivity index (χ0) is 17.1. The third-order valence-electron chi connectivity index (χ3n) is 4.73. The molecule has 8 nitrogen and oxygen atoms in total. The second-order valence-corrected chi connectivity index (χ2v) is 6.30. The molecule has 3 heterocycles. The Kier molecular flexibility index (Phi) is 5.15. The van der Waals surface area contributed by atoms with Crippen molar-refractivity contribution in [3.63, 3.8) is 0 Å². The van der Waals surface area contributed by atoms with Gasteiger partial charge in [0.1, 0.15) is 0 Å². The van der Waals surface area contributed by atoms with E-state index < -0.39 is 5.97 Å². The van der Waals surface area contributed by atoms with Gasteiger partial charge in [0.15, 0.2) is 5.69 Å². The number of hydrogen-bond donors (Lipinski definition) is 1. The lowest BCUT2D eigenvalue weighted by atomic mass is 10.0. The molecule has 0 aromatic carbocycles. The van der Waals surface area contributed by atoms with Crippen molar-refractivity contribution in [1.29, 1.82) is 0 Å². The van der Waals surface area contributed by atoms with Crippen LogP contribution in [0.2, 0.25) is 0 Å². The molecule has 132 valence electrons. The van der Waals surface area contributed by atoms with Gasteiger partial charge in [0.2, 0.25) is 5.91 Å². The van der Waals surface area contributed by atoms with Gasteiger partial charge in [-0.2, -0.15) is 5.10 Å². The van der Waals surface area contributed by atoms with Crippen LogP contribution in [-0.4, -0.2) is 76.0 Å². The maximum Gasteiger partial charge on any atom is 0.356 e. The topological polar surface area (TPSA) is 87.9 Å². The highest BCUT2D eigenvalue weighted by Crippen LogP contribution is 2.23. The molecule has 2 aliphatic heterocycles. The molecule has 1 fully saturated rings. The summed E-state index contributed by atoms with van der Waals surface area (Å²) in [6, 6.07) is 0. The Balaban J connectivity index is 1.68. The molecular weight excluding hydrogens is 312 g/mol. The molecule has 0 bridgehead atoms. The van der Waals surface area contributed by atoms with Crippen LogP contribution in [0, 0.1) is 0 Å². The number of aryl methyl sites for hydroxylation is 1. The van der Waals surface area contributed by atoms with Gasteiger partial charge in [-0.25, -0.2) is 4.79 Å². The van der Waals surface area contributed by atoms with Crippen molar-refractivity contribution in [3.8, 4) is 0 Å². The minimum atomic E-state index is -1.02. The molecular formula is C16H24N4O4. The maximum absolute atomic E-state index is 11.6. The molecule has 1 amide bonds. The third-order valence-corrected chi connectivity index (χ3v) is 4.73. The average molecular weight is 336 g/mol. The molecule has 0 atom stereocenters. The summed E-state index contributed by atoms with van der Waals surface area (Å²) < 4.78 is 7.17. The molecule has 1 saturated heterocycles. The first-order valence-electron chi connectivity index (χ1n) is 8.43. The fourth-order valence-electron chi connectivity index (χ4n) is 3.39. The van der Waals surface area contributed by atoms with E-state index in [4.69, 9.17) is 4.74 Å². The van der Waals surface area contributed by atoms with Gasteiger partial charge in [-0.15, -0.1) is 0 Å². The normalized spacial score (nSPS) is 18.5. The lowest BCUT2D eigenvalue weighted by Gasteiger charge is -2.27. The molecule has 0 spiro atoms. The first-order chi connectivity index (χ1) is 11.6. The number of aromatic carboxylic acids is 1. The third kappa shape index (κ3) is 3.59. The highest BCUT2D eigenvalue weighted by Gasteiger charge is 2.28. The number of carbonyl (C=O) groups excluding carboxylic acids is 1. The van der Waals surface area contributed by atoms with Crippen LogP contribution in [0.15, 0.2) is 0 Å². The van der Waals surface area contributed by atoms with Crippen LogP contribution < -0.4 is 0 Å². The van der Waals surface area contributed by atoms with Gasteiger partial charge in [0.25, 0.3) is 0 Å². The van der Waals surface area contributed by atoms with E-state index in [-0.39, 0.29) is 11.6 Å². The van der Waals surface area contributed by atoms with Crippen molar-refractivity contribution in [1.82, 2.24) is 19.6 Å². The summed E-state index contributed by atoms with van der Waals surface area (Å²) >= 11 is 0. The smallest absolute Gasteiger partial charge is 0.356 e. The Labute approximate surface area is 141 Å². The van der Waals surface area contributed by atoms with E-state index >= 15 is 0 Å². The van der Waals surface area contributed by atoms with Crippen LogP contribution in [0.4, 0.5) is 0 Å². The molecule has 0 radical (unpaired) electrons. The number of carboxylic acids is 1. The van der Waals surface area contributed by atoms with Crippen molar-refractivity contribution < 1.29 is 19.4 Å².